The van der Waals surface area contributed by atoms with Gasteiger partial charge in [0.1, 0.15) is 19.0 Å². The monoisotopic (exact) mass is 329 g/mol. The van der Waals surface area contributed by atoms with Crippen LogP contribution in [-0.4, -0.2) is 25.7 Å². The van der Waals surface area contributed by atoms with E-state index < -0.39 is 0 Å². The van der Waals surface area contributed by atoms with Gasteiger partial charge in [0.25, 0.3) is 0 Å². The molecule has 0 aromatic heterocycles. The van der Waals surface area contributed by atoms with Gasteiger partial charge in [-0.1, -0.05) is 18.2 Å². The van der Waals surface area contributed by atoms with Gasteiger partial charge in [0, 0.05) is 13.0 Å². The van der Waals surface area contributed by atoms with Crippen molar-refractivity contribution in [2.75, 3.05) is 19.8 Å². The van der Waals surface area contributed by atoms with Gasteiger partial charge in [0.2, 0.25) is 5.91 Å². The van der Waals surface area contributed by atoms with Gasteiger partial charge in [0.15, 0.2) is 11.5 Å². The van der Waals surface area contributed by atoms with Crippen LogP contribution in [0.2, 0.25) is 0 Å². The molecule has 0 fully saturated rings. The summed E-state index contributed by atoms with van der Waals surface area (Å²) >= 11 is 0. The van der Waals surface area contributed by atoms with Crippen LogP contribution in [-0.2, 0) is 17.6 Å². The maximum Gasteiger partial charge on any atom is 0.220 e. The zero-order valence-electron chi connectivity index (χ0n) is 13.4. The topological polar surface area (TPSA) is 47.6 Å². The molecule has 0 unspecified atom stereocenters. The van der Waals surface area contributed by atoms with Gasteiger partial charge < -0.3 is 14.8 Å². The minimum absolute atomic E-state index is 0.00290. The molecule has 24 heavy (non-hydrogen) atoms. The van der Waals surface area contributed by atoms with Crippen LogP contribution in [0.15, 0.2) is 42.5 Å². The first-order chi connectivity index (χ1) is 11.7. The lowest BCUT2D eigenvalue weighted by atomic mass is 10.1. The summed E-state index contributed by atoms with van der Waals surface area (Å²) in [4.78, 5) is 11.9. The summed E-state index contributed by atoms with van der Waals surface area (Å²) in [6.07, 6.45) is 1.74. The second-order valence-electron chi connectivity index (χ2n) is 5.70. The third kappa shape index (κ3) is 4.47. The summed E-state index contributed by atoms with van der Waals surface area (Å²) in [7, 11) is 0. The second kappa shape index (κ2) is 7.81. The first-order valence-electron chi connectivity index (χ1n) is 8.10. The fourth-order valence-corrected chi connectivity index (χ4v) is 2.59. The highest BCUT2D eigenvalue weighted by Crippen LogP contribution is 2.30. The SMILES string of the molecule is O=C(CCc1ccc(F)cc1)NCCc1ccc2c(c1)OCCO2. The molecule has 2 aromatic carbocycles. The predicted octanol–water partition coefficient (Wildman–Crippen LogP) is 2.89. The fraction of sp³-hybridized carbons (Fsp3) is 0.316. The molecule has 1 amide bonds. The molecule has 1 aliphatic heterocycles. The first kappa shape index (κ1) is 16.3. The second-order valence-corrected chi connectivity index (χ2v) is 5.70. The number of halogens is 1. The number of carbonyl (C=O) groups excluding carboxylic acids is 1. The van der Waals surface area contributed by atoms with Crippen molar-refractivity contribution in [3.05, 3.63) is 59.4 Å². The van der Waals surface area contributed by atoms with Gasteiger partial charge >= 0.3 is 0 Å². The average Bonchev–Trinajstić information content (AvgIpc) is 2.61. The van der Waals surface area contributed by atoms with Gasteiger partial charge in [0.05, 0.1) is 0 Å². The van der Waals surface area contributed by atoms with Crippen LogP contribution < -0.4 is 14.8 Å². The highest BCUT2D eigenvalue weighted by atomic mass is 19.1. The smallest absolute Gasteiger partial charge is 0.220 e. The highest BCUT2D eigenvalue weighted by Gasteiger charge is 2.11. The summed E-state index contributed by atoms with van der Waals surface area (Å²) in [6, 6.07) is 12.1. The number of hydrogen-bond donors (Lipinski definition) is 1. The number of carbonyl (C=O) groups is 1. The van der Waals surface area contributed by atoms with Gasteiger partial charge in [-0.05, 0) is 48.2 Å². The van der Waals surface area contributed by atoms with Crippen molar-refractivity contribution in [1.29, 1.82) is 0 Å². The van der Waals surface area contributed by atoms with Crippen molar-refractivity contribution in [1.82, 2.24) is 5.32 Å². The van der Waals surface area contributed by atoms with Crippen LogP contribution in [0.4, 0.5) is 4.39 Å². The number of aryl methyl sites for hydroxylation is 1. The number of nitrogens with one attached hydrogen (secondary N) is 1. The molecule has 3 rings (SSSR count). The Morgan fingerprint density at radius 2 is 1.67 bits per heavy atom. The van der Waals surface area contributed by atoms with Crippen molar-refractivity contribution in [3.63, 3.8) is 0 Å². The van der Waals surface area contributed by atoms with E-state index in [9.17, 15) is 9.18 Å². The van der Waals surface area contributed by atoms with E-state index in [2.05, 4.69) is 5.32 Å². The Morgan fingerprint density at radius 1 is 0.958 bits per heavy atom. The largest absolute Gasteiger partial charge is 0.486 e. The zero-order valence-corrected chi connectivity index (χ0v) is 13.4. The van der Waals surface area contributed by atoms with Crippen LogP contribution in [0.1, 0.15) is 17.5 Å². The molecule has 126 valence electrons. The Kier molecular flexibility index (Phi) is 5.31. The molecule has 1 heterocycles. The zero-order chi connectivity index (χ0) is 16.8. The van der Waals surface area contributed by atoms with E-state index in [1.807, 2.05) is 18.2 Å². The number of hydrogen-bond acceptors (Lipinski definition) is 3. The quantitative estimate of drug-likeness (QED) is 0.886. The number of ether oxygens (including phenoxy) is 2. The molecule has 1 N–H and O–H groups in total. The van der Waals surface area contributed by atoms with E-state index in [-0.39, 0.29) is 11.7 Å². The Labute approximate surface area is 140 Å². The molecule has 0 atom stereocenters. The molecular formula is C19H20FNO3. The van der Waals surface area contributed by atoms with E-state index in [1.165, 1.54) is 12.1 Å². The average molecular weight is 329 g/mol. The third-order valence-electron chi connectivity index (χ3n) is 3.90. The van der Waals surface area contributed by atoms with Gasteiger partial charge in [-0.15, -0.1) is 0 Å². The third-order valence-corrected chi connectivity index (χ3v) is 3.90. The maximum atomic E-state index is 12.8. The maximum absolute atomic E-state index is 12.8. The van der Waals surface area contributed by atoms with Crippen LogP contribution in [0.3, 0.4) is 0 Å². The molecule has 0 radical (unpaired) electrons. The number of benzene rings is 2. The van der Waals surface area contributed by atoms with Crippen LogP contribution in [0, 0.1) is 5.82 Å². The lowest BCUT2D eigenvalue weighted by Gasteiger charge is -2.18. The summed E-state index contributed by atoms with van der Waals surface area (Å²) in [5.41, 5.74) is 2.05. The normalized spacial score (nSPS) is 12.7. The number of rotatable bonds is 6. The highest BCUT2D eigenvalue weighted by molar-refractivity contribution is 5.76. The Morgan fingerprint density at radius 3 is 2.46 bits per heavy atom. The Bertz CT molecular complexity index is 700. The summed E-state index contributed by atoms with van der Waals surface area (Å²) in [5, 5.41) is 2.91. The number of fused-ring (bicyclic) bond motifs is 1. The molecule has 2 aromatic rings. The molecule has 0 aliphatic carbocycles. The molecule has 0 saturated carbocycles. The standard InChI is InChI=1S/C19H20FNO3/c20-16-5-1-14(2-6-16)4-8-19(22)21-10-9-15-3-7-17-18(13-15)24-12-11-23-17/h1-3,5-7,13H,4,8-12H2,(H,21,22). The Hall–Kier alpha value is -2.56. The van der Waals surface area contributed by atoms with Crippen LogP contribution >= 0.6 is 0 Å². The van der Waals surface area contributed by atoms with Crippen LogP contribution in [0.5, 0.6) is 11.5 Å². The van der Waals surface area contributed by atoms with E-state index in [0.29, 0.717) is 32.6 Å². The minimum Gasteiger partial charge on any atom is -0.486 e. The number of amides is 1. The summed E-state index contributed by atoms with van der Waals surface area (Å²) < 4.78 is 23.9. The van der Waals surface area contributed by atoms with Gasteiger partial charge in [-0.3, -0.25) is 4.79 Å². The molecule has 0 spiro atoms. The molecular weight excluding hydrogens is 309 g/mol. The van der Waals surface area contributed by atoms with Crippen molar-refractivity contribution in [2.24, 2.45) is 0 Å². The first-order valence-corrected chi connectivity index (χ1v) is 8.10. The van der Waals surface area contributed by atoms with E-state index in [0.717, 1.165) is 29.0 Å². The summed E-state index contributed by atoms with van der Waals surface area (Å²) in [5.74, 6) is 1.27. The lowest BCUT2D eigenvalue weighted by molar-refractivity contribution is -0.121. The predicted molar refractivity (Wildman–Crippen MR) is 88.9 cm³/mol. The van der Waals surface area contributed by atoms with E-state index in [1.54, 1.807) is 12.1 Å². The van der Waals surface area contributed by atoms with E-state index >= 15 is 0 Å². The van der Waals surface area contributed by atoms with E-state index in [4.69, 9.17) is 9.47 Å². The van der Waals surface area contributed by atoms with Crippen molar-refractivity contribution >= 4 is 5.91 Å². The molecule has 0 saturated heterocycles. The van der Waals surface area contributed by atoms with Crippen molar-refractivity contribution in [2.45, 2.75) is 19.3 Å². The van der Waals surface area contributed by atoms with Gasteiger partial charge in [-0.25, -0.2) is 4.39 Å². The Balaban J connectivity index is 1.41. The molecule has 4 nitrogen and oxygen atoms in total. The van der Waals surface area contributed by atoms with Gasteiger partial charge in [-0.2, -0.15) is 0 Å². The molecule has 1 aliphatic rings. The molecule has 5 heteroatoms. The van der Waals surface area contributed by atoms with Crippen molar-refractivity contribution in [3.8, 4) is 11.5 Å². The minimum atomic E-state index is -0.261. The fourth-order valence-electron chi connectivity index (χ4n) is 2.59. The van der Waals surface area contributed by atoms with Crippen molar-refractivity contribution < 1.29 is 18.7 Å². The summed E-state index contributed by atoms with van der Waals surface area (Å²) in [6.45, 7) is 1.72. The lowest BCUT2D eigenvalue weighted by Crippen LogP contribution is -2.26. The molecule has 0 bridgehead atoms. The van der Waals surface area contributed by atoms with Crippen LogP contribution in [0.25, 0.3) is 0 Å².